The van der Waals surface area contributed by atoms with Crippen molar-refractivity contribution >= 4 is 39.1 Å². The van der Waals surface area contributed by atoms with Crippen LogP contribution in [0.15, 0.2) is 18.2 Å². The molecule has 0 unspecified atom stereocenters. The molecule has 2 rings (SSSR count). The van der Waals surface area contributed by atoms with Gasteiger partial charge in [0.1, 0.15) is 0 Å². The molecule has 0 amide bonds. The van der Waals surface area contributed by atoms with Crippen molar-refractivity contribution in [2.45, 2.75) is 31.1 Å². The van der Waals surface area contributed by atoms with Gasteiger partial charge in [0, 0.05) is 0 Å². The van der Waals surface area contributed by atoms with Crippen LogP contribution in [0.1, 0.15) is 10.4 Å². The Hall–Kier alpha value is -0.277. The average Bonchev–Trinajstić information content (AvgIpc) is 2.41. The molecule has 0 aliphatic carbocycles. The van der Waals surface area contributed by atoms with E-state index in [-0.39, 0.29) is 0 Å². The fourth-order valence-corrected chi connectivity index (χ4v) is 5.58. The molecule has 1 aromatic heterocycles. The molecule has 2 heteroatoms. The van der Waals surface area contributed by atoms with Crippen molar-refractivity contribution in [1.29, 1.82) is 0 Å². The molecule has 0 radical (unpaired) electrons. The molecule has 1 heterocycles. The van der Waals surface area contributed by atoms with Gasteiger partial charge in [0.2, 0.25) is 0 Å². The summed E-state index contributed by atoms with van der Waals surface area (Å²) in [6.07, 6.45) is 0. The molecule has 0 spiro atoms. The van der Waals surface area contributed by atoms with Crippen molar-refractivity contribution in [3.8, 4) is 0 Å². The van der Waals surface area contributed by atoms with Gasteiger partial charge < -0.3 is 0 Å². The van der Waals surface area contributed by atoms with Crippen LogP contribution in [0.2, 0.25) is 17.3 Å². The molecule has 0 fully saturated rings. The molecule has 1 aromatic carbocycles. The van der Waals surface area contributed by atoms with Crippen molar-refractivity contribution in [3.05, 3.63) is 28.6 Å². The van der Waals surface area contributed by atoms with Gasteiger partial charge in [-0.3, -0.25) is 0 Å². The Bertz CT molecular complexity index is 503. The van der Waals surface area contributed by atoms with E-state index in [0.29, 0.717) is 0 Å². The van der Waals surface area contributed by atoms with Crippen LogP contribution in [0.4, 0.5) is 0 Å². The Morgan fingerprint density at radius 1 is 1.07 bits per heavy atom. The SMILES string of the molecule is Cc1sc2c[c]([Ge]([CH3])([CH3])[CH3])ccc2c1C. The maximum absolute atomic E-state index is 2.45. The number of hydrogen-bond donors (Lipinski definition) is 0. The fraction of sp³-hybridized carbons (Fsp3) is 0.385. The van der Waals surface area contributed by atoms with Crippen LogP contribution in [0, 0.1) is 13.8 Å². The Morgan fingerprint density at radius 3 is 2.33 bits per heavy atom. The third kappa shape index (κ3) is 2.00. The summed E-state index contributed by atoms with van der Waals surface area (Å²) >= 11 is 0.296. The fourth-order valence-electron chi connectivity index (χ4n) is 1.81. The summed E-state index contributed by atoms with van der Waals surface area (Å²) in [6, 6.07) is 7.10. The van der Waals surface area contributed by atoms with E-state index in [4.69, 9.17) is 0 Å². The molecule has 80 valence electrons. The number of hydrogen-bond acceptors (Lipinski definition) is 1. The van der Waals surface area contributed by atoms with Crippen LogP contribution >= 0.6 is 11.3 Å². The van der Waals surface area contributed by atoms with Crippen LogP contribution < -0.4 is 4.40 Å². The Kier molecular flexibility index (Phi) is 2.72. The molecule has 0 saturated heterocycles. The standard InChI is InChI=1S/C13H18GeS/c1-9-10(2)15-13-8-11(14(3,4)5)6-7-12(9)13/h6-8H,1-5H3. The molecule has 0 aliphatic rings. The van der Waals surface area contributed by atoms with E-state index in [1.165, 1.54) is 20.5 Å². The minimum absolute atomic E-state index is 1.45. The van der Waals surface area contributed by atoms with E-state index in [0.717, 1.165) is 0 Å². The average molecular weight is 279 g/mol. The first-order chi connectivity index (χ1) is 6.89. The molecule has 0 N–H and O–H groups in total. The summed E-state index contributed by atoms with van der Waals surface area (Å²) in [7, 11) is 0. The summed E-state index contributed by atoms with van der Waals surface area (Å²) in [6.45, 7) is 4.45. The second kappa shape index (κ2) is 3.63. The van der Waals surface area contributed by atoms with Crippen molar-refractivity contribution < 1.29 is 0 Å². The normalized spacial score (nSPS) is 12.3. The minimum atomic E-state index is -1.64. The zero-order valence-corrected chi connectivity index (χ0v) is 13.1. The van der Waals surface area contributed by atoms with E-state index in [9.17, 15) is 0 Å². The second-order valence-electron chi connectivity index (χ2n) is 5.24. The van der Waals surface area contributed by atoms with Crippen LogP contribution in [-0.4, -0.2) is 13.3 Å². The predicted molar refractivity (Wildman–Crippen MR) is 74.3 cm³/mol. The van der Waals surface area contributed by atoms with Crippen LogP contribution in [0.25, 0.3) is 10.1 Å². The van der Waals surface area contributed by atoms with Gasteiger partial charge in [0.25, 0.3) is 0 Å². The van der Waals surface area contributed by atoms with Gasteiger partial charge in [-0.05, 0) is 0 Å². The first-order valence-electron chi connectivity index (χ1n) is 5.40. The number of fused-ring (bicyclic) bond motifs is 1. The summed E-state index contributed by atoms with van der Waals surface area (Å²) in [5.41, 5.74) is 1.46. The molecule has 0 nitrogen and oxygen atoms in total. The van der Waals surface area contributed by atoms with Gasteiger partial charge in [-0.15, -0.1) is 0 Å². The molecule has 0 bridgehead atoms. The molecule has 0 saturated carbocycles. The monoisotopic (exact) mass is 280 g/mol. The van der Waals surface area contributed by atoms with Crippen molar-refractivity contribution in [1.82, 2.24) is 0 Å². The molecule has 2 aromatic rings. The molecular weight excluding hydrogens is 261 g/mol. The van der Waals surface area contributed by atoms with E-state index in [2.05, 4.69) is 49.3 Å². The van der Waals surface area contributed by atoms with Crippen molar-refractivity contribution in [2.75, 3.05) is 0 Å². The van der Waals surface area contributed by atoms with Crippen molar-refractivity contribution in [3.63, 3.8) is 0 Å². The van der Waals surface area contributed by atoms with Gasteiger partial charge in [0.15, 0.2) is 0 Å². The number of aryl methyl sites for hydroxylation is 2. The van der Waals surface area contributed by atoms with E-state index in [1.54, 1.807) is 4.40 Å². The Balaban J connectivity index is 2.67. The Morgan fingerprint density at radius 2 is 1.73 bits per heavy atom. The summed E-state index contributed by atoms with van der Waals surface area (Å²) in [5, 5.41) is 1.45. The summed E-state index contributed by atoms with van der Waals surface area (Å²) in [5.74, 6) is 7.36. The first-order valence-corrected chi connectivity index (χ1v) is 13.6. The van der Waals surface area contributed by atoms with Crippen molar-refractivity contribution in [2.24, 2.45) is 0 Å². The topological polar surface area (TPSA) is 0 Å². The molecular formula is C13H18GeS. The summed E-state index contributed by atoms with van der Waals surface area (Å²) in [4.78, 5) is 1.46. The molecule has 15 heavy (non-hydrogen) atoms. The maximum atomic E-state index is 2.45. The molecule has 0 aliphatic heterocycles. The third-order valence-corrected chi connectivity index (χ3v) is 8.50. The van der Waals surface area contributed by atoms with Crippen LogP contribution in [0.3, 0.4) is 0 Å². The van der Waals surface area contributed by atoms with Gasteiger partial charge in [-0.2, -0.15) is 0 Å². The zero-order chi connectivity index (χ0) is 11.2. The van der Waals surface area contributed by atoms with Gasteiger partial charge >= 0.3 is 98.8 Å². The van der Waals surface area contributed by atoms with Gasteiger partial charge in [0.05, 0.1) is 0 Å². The van der Waals surface area contributed by atoms with E-state index >= 15 is 0 Å². The summed E-state index contributed by atoms with van der Waals surface area (Å²) < 4.78 is 3.09. The number of thiophene rings is 1. The number of rotatable bonds is 1. The molecule has 0 atom stereocenters. The van der Waals surface area contributed by atoms with Gasteiger partial charge in [-0.25, -0.2) is 0 Å². The van der Waals surface area contributed by atoms with E-state index in [1.807, 2.05) is 11.3 Å². The Labute approximate surface area is 98.7 Å². The van der Waals surface area contributed by atoms with Gasteiger partial charge in [-0.1, -0.05) is 0 Å². The van der Waals surface area contributed by atoms with Crippen LogP contribution in [0.5, 0.6) is 0 Å². The third-order valence-electron chi connectivity index (χ3n) is 3.04. The number of benzene rings is 1. The second-order valence-corrected chi connectivity index (χ2v) is 17.2. The quantitative estimate of drug-likeness (QED) is 0.690. The van der Waals surface area contributed by atoms with Crippen LogP contribution in [-0.2, 0) is 0 Å². The van der Waals surface area contributed by atoms with E-state index < -0.39 is 13.3 Å². The first kappa shape index (κ1) is 11.2. The zero-order valence-electron chi connectivity index (χ0n) is 10.1. The predicted octanol–water partition coefficient (Wildman–Crippen LogP) is 4.06.